The molecule has 2 rings (SSSR count). The number of hydrogen-bond acceptors (Lipinski definition) is 3. The lowest BCUT2D eigenvalue weighted by atomic mass is 10.1. The number of halogens is 2. The maximum absolute atomic E-state index is 12.1. The summed E-state index contributed by atoms with van der Waals surface area (Å²) in [6.07, 6.45) is 5.80. The molecule has 21 heavy (non-hydrogen) atoms. The number of imidazole rings is 1. The van der Waals surface area contributed by atoms with E-state index in [1.54, 1.807) is 18.3 Å². The van der Waals surface area contributed by atoms with Crippen LogP contribution in [0.1, 0.15) is 25.1 Å². The lowest BCUT2D eigenvalue weighted by Gasteiger charge is -2.04. The van der Waals surface area contributed by atoms with Crippen molar-refractivity contribution < 1.29 is 13.5 Å². The van der Waals surface area contributed by atoms with Crippen LogP contribution in [0.4, 0.5) is 8.78 Å². The molecule has 0 radical (unpaired) electrons. The lowest BCUT2D eigenvalue weighted by molar-refractivity contribution is -0.0498. The van der Waals surface area contributed by atoms with Crippen LogP contribution in [-0.2, 0) is 6.42 Å². The van der Waals surface area contributed by atoms with E-state index < -0.39 is 6.61 Å². The van der Waals surface area contributed by atoms with Crippen LogP contribution in [0.3, 0.4) is 0 Å². The van der Waals surface area contributed by atoms with E-state index in [0.717, 1.165) is 49.3 Å². The highest BCUT2D eigenvalue weighted by Gasteiger charge is 2.06. The quantitative estimate of drug-likeness (QED) is 0.734. The molecule has 0 aliphatic carbocycles. The minimum atomic E-state index is -2.80. The predicted molar refractivity (Wildman–Crippen MR) is 77.3 cm³/mol. The summed E-state index contributed by atoms with van der Waals surface area (Å²) in [7, 11) is 0. The number of H-pyrrole nitrogens is 1. The summed E-state index contributed by atoms with van der Waals surface area (Å²) in [6.45, 7) is -2.08. The van der Waals surface area contributed by atoms with Gasteiger partial charge in [0.1, 0.15) is 11.6 Å². The van der Waals surface area contributed by atoms with Crippen molar-refractivity contribution in [3.63, 3.8) is 0 Å². The highest BCUT2D eigenvalue weighted by molar-refractivity contribution is 5.59. The van der Waals surface area contributed by atoms with Gasteiger partial charge in [-0.1, -0.05) is 6.42 Å². The SMILES string of the molecule is NCCCCCc1ncc(-c2ccc(OC(F)F)cc2)[nH]1. The largest absolute Gasteiger partial charge is 0.435 e. The van der Waals surface area contributed by atoms with Crippen LogP contribution in [0.2, 0.25) is 0 Å². The highest BCUT2D eigenvalue weighted by atomic mass is 19.3. The number of nitrogens with one attached hydrogen (secondary N) is 1. The van der Waals surface area contributed by atoms with E-state index in [1.807, 2.05) is 0 Å². The van der Waals surface area contributed by atoms with E-state index in [2.05, 4.69) is 14.7 Å². The zero-order chi connectivity index (χ0) is 15.1. The minimum absolute atomic E-state index is 0.148. The van der Waals surface area contributed by atoms with Gasteiger partial charge in [0.05, 0.1) is 11.9 Å². The first-order valence-corrected chi connectivity index (χ1v) is 6.98. The maximum atomic E-state index is 12.1. The molecule has 3 N–H and O–H groups in total. The van der Waals surface area contributed by atoms with Gasteiger partial charge in [-0.2, -0.15) is 8.78 Å². The molecule has 0 amide bonds. The molecule has 0 fully saturated rings. The van der Waals surface area contributed by atoms with Gasteiger partial charge < -0.3 is 15.5 Å². The molecule has 6 heteroatoms. The van der Waals surface area contributed by atoms with Crippen molar-refractivity contribution in [3.05, 3.63) is 36.3 Å². The molecule has 0 aliphatic rings. The Balaban J connectivity index is 1.94. The van der Waals surface area contributed by atoms with E-state index >= 15 is 0 Å². The standard InChI is InChI=1S/C15H19F2N3O/c16-15(17)21-12-7-5-11(6-8-12)13-10-19-14(20-13)4-2-1-3-9-18/h5-8,10,15H,1-4,9,18H2,(H,19,20). The van der Waals surface area contributed by atoms with Crippen molar-refractivity contribution >= 4 is 0 Å². The molecule has 2 aromatic rings. The smallest absolute Gasteiger partial charge is 0.387 e. The van der Waals surface area contributed by atoms with Gasteiger partial charge in [0.15, 0.2) is 0 Å². The zero-order valence-electron chi connectivity index (χ0n) is 11.7. The molecular formula is C15H19F2N3O. The first-order chi connectivity index (χ1) is 10.2. The van der Waals surface area contributed by atoms with Gasteiger partial charge in [0.25, 0.3) is 0 Å². The van der Waals surface area contributed by atoms with Gasteiger partial charge in [-0.05, 0) is 49.2 Å². The summed E-state index contributed by atoms with van der Waals surface area (Å²) in [5.74, 6) is 1.07. The van der Waals surface area contributed by atoms with Crippen LogP contribution in [0.25, 0.3) is 11.3 Å². The van der Waals surface area contributed by atoms with Crippen LogP contribution >= 0.6 is 0 Å². The zero-order valence-corrected chi connectivity index (χ0v) is 11.7. The van der Waals surface area contributed by atoms with Crippen LogP contribution in [0.5, 0.6) is 5.75 Å². The minimum Gasteiger partial charge on any atom is -0.435 e. The number of alkyl halides is 2. The second kappa shape index (κ2) is 7.73. The normalized spacial score (nSPS) is 11.0. The Morgan fingerprint density at radius 3 is 2.57 bits per heavy atom. The Labute approximate surface area is 122 Å². The molecule has 0 spiro atoms. The molecule has 0 saturated carbocycles. The number of aromatic amines is 1. The number of benzene rings is 1. The summed E-state index contributed by atoms with van der Waals surface area (Å²) in [6, 6.07) is 6.49. The maximum Gasteiger partial charge on any atom is 0.387 e. The molecule has 0 aliphatic heterocycles. The van der Waals surface area contributed by atoms with Gasteiger partial charge in [-0.25, -0.2) is 4.98 Å². The fourth-order valence-corrected chi connectivity index (χ4v) is 2.07. The van der Waals surface area contributed by atoms with E-state index in [4.69, 9.17) is 5.73 Å². The molecule has 1 aromatic heterocycles. The van der Waals surface area contributed by atoms with Crippen LogP contribution < -0.4 is 10.5 Å². The monoisotopic (exact) mass is 295 g/mol. The van der Waals surface area contributed by atoms with Crippen molar-refractivity contribution in [2.24, 2.45) is 5.73 Å². The summed E-state index contributed by atoms with van der Waals surface area (Å²) >= 11 is 0. The van der Waals surface area contributed by atoms with Crippen molar-refractivity contribution in [2.45, 2.75) is 32.3 Å². The fraction of sp³-hybridized carbons (Fsp3) is 0.400. The number of nitrogens with zero attached hydrogens (tertiary/aromatic N) is 1. The Morgan fingerprint density at radius 1 is 1.14 bits per heavy atom. The van der Waals surface area contributed by atoms with Crippen LogP contribution in [0.15, 0.2) is 30.5 Å². The van der Waals surface area contributed by atoms with Gasteiger partial charge in [0, 0.05) is 6.42 Å². The second-order valence-corrected chi connectivity index (χ2v) is 4.75. The Hall–Kier alpha value is -1.95. The first kappa shape index (κ1) is 15.4. The number of aryl methyl sites for hydroxylation is 1. The summed E-state index contributed by atoms with van der Waals surface area (Å²) in [5.41, 5.74) is 7.20. The number of aromatic nitrogens is 2. The number of unbranched alkanes of at least 4 members (excludes halogenated alkanes) is 2. The third-order valence-corrected chi connectivity index (χ3v) is 3.14. The van der Waals surface area contributed by atoms with Crippen LogP contribution in [0, 0.1) is 0 Å². The van der Waals surface area contributed by atoms with E-state index in [1.165, 1.54) is 12.1 Å². The fourth-order valence-electron chi connectivity index (χ4n) is 2.07. The average Bonchev–Trinajstić information content (AvgIpc) is 2.93. The number of rotatable bonds is 8. The van der Waals surface area contributed by atoms with Gasteiger partial charge >= 0.3 is 6.61 Å². The number of ether oxygens (including phenoxy) is 1. The van der Waals surface area contributed by atoms with E-state index in [9.17, 15) is 8.78 Å². The third-order valence-electron chi connectivity index (χ3n) is 3.14. The van der Waals surface area contributed by atoms with Crippen molar-refractivity contribution in [1.82, 2.24) is 9.97 Å². The first-order valence-electron chi connectivity index (χ1n) is 6.98. The molecule has 0 unspecified atom stereocenters. The van der Waals surface area contributed by atoms with E-state index in [0.29, 0.717) is 0 Å². The molecule has 0 saturated heterocycles. The van der Waals surface area contributed by atoms with Crippen molar-refractivity contribution in [1.29, 1.82) is 0 Å². The second-order valence-electron chi connectivity index (χ2n) is 4.75. The Morgan fingerprint density at radius 2 is 1.90 bits per heavy atom. The summed E-state index contributed by atoms with van der Waals surface area (Å²) < 4.78 is 28.5. The molecule has 1 heterocycles. The molecular weight excluding hydrogens is 276 g/mol. The van der Waals surface area contributed by atoms with Gasteiger partial charge in [0.2, 0.25) is 0 Å². The number of nitrogens with two attached hydrogens (primary N) is 1. The third kappa shape index (κ3) is 4.82. The summed E-state index contributed by atoms with van der Waals surface area (Å²) in [4.78, 5) is 7.56. The van der Waals surface area contributed by atoms with Crippen LogP contribution in [-0.4, -0.2) is 23.1 Å². The Bertz CT molecular complexity index is 540. The van der Waals surface area contributed by atoms with Gasteiger partial charge in [-0.15, -0.1) is 0 Å². The van der Waals surface area contributed by atoms with Crippen molar-refractivity contribution in [3.8, 4) is 17.0 Å². The van der Waals surface area contributed by atoms with Crippen molar-refractivity contribution in [2.75, 3.05) is 6.54 Å². The van der Waals surface area contributed by atoms with Gasteiger partial charge in [-0.3, -0.25) is 0 Å². The molecule has 0 atom stereocenters. The average molecular weight is 295 g/mol. The molecule has 1 aromatic carbocycles. The molecule has 0 bridgehead atoms. The van der Waals surface area contributed by atoms with E-state index in [-0.39, 0.29) is 5.75 Å². The lowest BCUT2D eigenvalue weighted by Crippen LogP contribution is -2.01. The number of hydrogen-bond donors (Lipinski definition) is 2. The molecule has 4 nitrogen and oxygen atoms in total. The predicted octanol–water partition coefficient (Wildman–Crippen LogP) is 3.35. The topological polar surface area (TPSA) is 63.9 Å². The Kier molecular flexibility index (Phi) is 5.68. The molecule has 114 valence electrons. The summed E-state index contributed by atoms with van der Waals surface area (Å²) in [5, 5.41) is 0. The highest BCUT2D eigenvalue weighted by Crippen LogP contribution is 2.22.